The molecule has 1 fully saturated rings. The highest BCUT2D eigenvalue weighted by molar-refractivity contribution is 7.80. The number of fused-ring (bicyclic) bond motifs is 1. The van der Waals surface area contributed by atoms with E-state index in [9.17, 15) is 13.6 Å². The minimum absolute atomic E-state index is 0.171. The van der Waals surface area contributed by atoms with E-state index in [1.807, 2.05) is 0 Å². The predicted molar refractivity (Wildman–Crippen MR) is 130 cm³/mol. The highest BCUT2D eigenvalue weighted by Gasteiger charge is 2.34. The van der Waals surface area contributed by atoms with E-state index in [-0.39, 0.29) is 31.5 Å². The molecule has 0 aliphatic carbocycles. The van der Waals surface area contributed by atoms with Gasteiger partial charge in [0.15, 0.2) is 5.11 Å². The summed E-state index contributed by atoms with van der Waals surface area (Å²) in [5, 5.41) is 4.24. The number of hydrogen-bond donors (Lipinski definition) is 2. The zero-order valence-corrected chi connectivity index (χ0v) is 19.7. The molecule has 4 rings (SSSR count). The Hall–Kier alpha value is -3.24. The predicted octanol–water partition coefficient (Wildman–Crippen LogP) is 5.22. The molecule has 11 heteroatoms. The maximum absolute atomic E-state index is 13.4. The molecule has 0 spiro atoms. The molecule has 0 bridgehead atoms. The average molecular weight is 507 g/mol. The van der Waals surface area contributed by atoms with Gasteiger partial charge >= 0.3 is 0 Å². The average Bonchev–Trinajstić information content (AvgIpc) is 2.80. The minimum atomic E-state index is -2.65. The third-order valence-corrected chi connectivity index (χ3v) is 6.15. The molecule has 178 valence electrons. The highest BCUT2D eigenvalue weighted by Crippen LogP contribution is 2.35. The van der Waals surface area contributed by atoms with E-state index in [4.69, 9.17) is 39.0 Å². The number of piperidine rings is 1. The number of nitrogens with two attached hydrogens (primary N) is 1. The second kappa shape index (κ2) is 9.55. The quantitative estimate of drug-likeness (QED) is 0.459. The summed E-state index contributed by atoms with van der Waals surface area (Å²) in [5.74, 6) is -2.10. The van der Waals surface area contributed by atoms with Gasteiger partial charge in [0.05, 0.1) is 28.9 Å². The zero-order valence-electron chi connectivity index (χ0n) is 18.1. The van der Waals surface area contributed by atoms with Crippen molar-refractivity contribution in [2.45, 2.75) is 18.8 Å². The van der Waals surface area contributed by atoms with Gasteiger partial charge < -0.3 is 25.4 Å². The second-order valence-electron chi connectivity index (χ2n) is 7.76. The summed E-state index contributed by atoms with van der Waals surface area (Å²) in [6, 6.07) is 9.80. The van der Waals surface area contributed by atoms with E-state index in [0.717, 1.165) is 0 Å². The Kier molecular flexibility index (Phi) is 6.72. The van der Waals surface area contributed by atoms with Crippen LogP contribution in [-0.2, 0) is 0 Å². The van der Waals surface area contributed by atoms with Crippen LogP contribution < -0.4 is 20.5 Å². The molecule has 1 amide bonds. The first-order valence-electron chi connectivity index (χ1n) is 10.3. The van der Waals surface area contributed by atoms with Gasteiger partial charge in [-0.3, -0.25) is 9.78 Å². The van der Waals surface area contributed by atoms with E-state index in [2.05, 4.69) is 10.3 Å². The molecule has 0 atom stereocenters. The monoisotopic (exact) mass is 506 g/mol. The fourth-order valence-corrected chi connectivity index (χ4v) is 4.13. The van der Waals surface area contributed by atoms with Gasteiger partial charge in [0.1, 0.15) is 17.2 Å². The molecule has 7 nitrogen and oxygen atoms in total. The number of halogens is 3. The van der Waals surface area contributed by atoms with E-state index in [1.165, 1.54) is 7.11 Å². The summed E-state index contributed by atoms with van der Waals surface area (Å²) in [7, 11) is 1.44. The van der Waals surface area contributed by atoms with Gasteiger partial charge in [0.25, 0.3) is 11.8 Å². The summed E-state index contributed by atoms with van der Waals surface area (Å²) in [5.41, 5.74) is 6.76. The molecule has 1 aromatic heterocycles. The van der Waals surface area contributed by atoms with Crippen molar-refractivity contribution in [1.29, 1.82) is 0 Å². The van der Waals surface area contributed by atoms with Crippen LogP contribution in [0.1, 0.15) is 23.2 Å². The number of amides is 1. The number of pyridine rings is 1. The fourth-order valence-electron chi connectivity index (χ4n) is 3.62. The molecule has 34 heavy (non-hydrogen) atoms. The summed E-state index contributed by atoms with van der Waals surface area (Å²) >= 11 is 11.8. The van der Waals surface area contributed by atoms with Crippen LogP contribution in [0.4, 0.5) is 14.5 Å². The SMILES string of the molecule is COc1cc2nccc(Oc3ccc(NC(=S)N4CCC(F)(F)CC4)c(Cl)c3)c2cc1C(N)=O. The summed E-state index contributed by atoms with van der Waals surface area (Å²) in [6.45, 7) is 0.343. The number of alkyl halides is 2. The molecular weight excluding hydrogens is 486 g/mol. The number of benzene rings is 2. The number of likely N-dealkylation sites (tertiary alicyclic amines) is 1. The molecule has 2 aromatic carbocycles. The Morgan fingerprint density at radius 3 is 2.59 bits per heavy atom. The molecule has 1 saturated heterocycles. The number of ether oxygens (including phenoxy) is 2. The largest absolute Gasteiger partial charge is 0.496 e. The topological polar surface area (TPSA) is 89.7 Å². The lowest BCUT2D eigenvalue weighted by atomic mass is 10.1. The van der Waals surface area contributed by atoms with Gasteiger partial charge in [0, 0.05) is 49.6 Å². The molecule has 0 saturated carbocycles. The second-order valence-corrected chi connectivity index (χ2v) is 8.55. The van der Waals surface area contributed by atoms with Gasteiger partial charge in [-0.1, -0.05) is 11.6 Å². The molecule has 1 aliphatic rings. The Bertz CT molecular complexity index is 1260. The third kappa shape index (κ3) is 5.13. The van der Waals surface area contributed by atoms with Crippen molar-refractivity contribution in [1.82, 2.24) is 9.88 Å². The Balaban J connectivity index is 1.53. The fraction of sp³-hybridized carbons (Fsp3) is 0.261. The highest BCUT2D eigenvalue weighted by atomic mass is 35.5. The van der Waals surface area contributed by atoms with Crippen LogP contribution in [0.25, 0.3) is 10.9 Å². The maximum atomic E-state index is 13.4. The number of anilines is 1. The van der Waals surface area contributed by atoms with E-state index in [1.54, 1.807) is 47.5 Å². The van der Waals surface area contributed by atoms with Crippen molar-refractivity contribution in [3.05, 3.63) is 53.2 Å². The van der Waals surface area contributed by atoms with Crippen molar-refractivity contribution in [3.8, 4) is 17.2 Å². The molecule has 0 unspecified atom stereocenters. The zero-order chi connectivity index (χ0) is 24.5. The van der Waals surface area contributed by atoms with Gasteiger partial charge in [0.2, 0.25) is 0 Å². The van der Waals surface area contributed by atoms with Crippen molar-refractivity contribution in [2.75, 3.05) is 25.5 Å². The van der Waals surface area contributed by atoms with E-state index >= 15 is 0 Å². The molecule has 3 N–H and O–H groups in total. The van der Waals surface area contributed by atoms with Crippen LogP contribution in [0.5, 0.6) is 17.2 Å². The summed E-state index contributed by atoms with van der Waals surface area (Å²) < 4.78 is 38.0. The smallest absolute Gasteiger partial charge is 0.252 e. The Labute approximate surface area is 204 Å². The van der Waals surface area contributed by atoms with Crippen LogP contribution in [0.2, 0.25) is 5.02 Å². The lowest BCUT2D eigenvalue weighted by molar-refractivity contribution is -0.0431. The van der Waals surface area contributed by atoms with Crippen molar-refractivity contribution in [2.24, 2.45) is 5.73 Å². The number of nitrogens with one attached hydrogen (secondary N) is 1. The van der Waals surface area contributed by atoms with Crippen LogP contribution in [0.15, 0.2) is 42.6 Å². The molecule has 3 aromatic rings. The standard InChI is InChI=1S/C23H21ClF2N4O3S/c1-32-20-12-18-14(11-15(20)21(27)31)19(4-7-28-18)33-13-2-3-17(16(24)10-13)29-22(34)30-8-5-23(25,26)6-9-30/h2-4,7,10-12H,5-6,8-9H2,1H3,(H2,27,31)(H,29,34). The van der Waals surface area contributed by atoms with Crippen molar-refractivity contribution >= 4 is 51.4 Å². The van der Waals surface area contributed by atoms with Gasteiger partial charge in [-0.2, -0.15) is 0 Å². The Morgan fingerprint density at radius 1 is 1.21 bits per heavy atom. The summed E-state index contributed by atoms with van der Waals surface area (Å²) in [6.07, 6.45) is 1.09. The van der Waals surface area contributed by atoms with Gasteiger partial charge in [-0.05, 0) is 36.5 Å². The lowest BCUT2D eigenvalue weighted by Gasteiger charge is -2.33. The van der Waals surface area contributed by atoms with Gasteiger partial charge in [-0.25, -0.2) is 8.78 Å². The first-order valence-corrected chi connectivity index (χ1v) is 11.1. The van der Waals surface area contributed by atoms with Crippen LogP contribution >= 0.6 is 23.8 Å². The first kappa shape index (κ1) is 23.9. The number of aromatic nitrogens is 1. The van der Waals surface area contributed by atoms with E-state index < -0.39 is 11.8 Å². The first-order chi connectivity index (χ1) is 16.2. The normalized spacial score (nSPS) is 15.1. The maximum Gasteiger partial charge on any atom is 0.252 e. The third-order valence-electron chi connectivity index (χ3n) is 5.48. The molecule has 1 aliphatic heterocycles. The summed E-state index contributed by atoms with van der Waals surface area (Å²) in [4.78, 5) is 17.8. The number of thiocarbonyl (C=S) groups is 1. The van der Waals surface area contributed by atoms with Crippen molar-refractivity contribution in [3.63, 3.8) is 0 Å². The Morgan fingerprint density at radius 2 is 1.94 bits per heavy atom. The molecule has 0 radical (unpaired) electrons. The number of nitrogens with zero attached hydrogens (tertiary/aromatic N) is 2. The van der Waals surface area contributed by atoms with Crippen molar-refractivity contribution < 1.29 is 23.0 Å². The minimum Gasteiger partial charge on any atom is -0.496 e. The van der Waals surface area contributed by atoms with Gasteiger partial charge in [-0.15, -0.1) is 0 Å². The van der Waals surface area contributed by atoms with Crippen LogP contribution in [0.3, 0.4) is 0 Å². The number of hydrogen-bond acceptors (Lipinski definition) is 5. The lowest BCUT2D eigenvalue weighted by Crippen LogP contribution is -2.44. The number of primary amides is 1. The number of carbonyl (C=O) groups excluding carboxylic acids is 1. The number of carbonyl (C=O) groups is 1. The molecule has 2 heterocycles. The van der Waals surface area contributed by atoms with Crippen LogP contribution in [-0.4, -0.2) is 47.0 Å². The van der Waals surface area contributed by atoms with Crippen LogP contribution in [0, 0.1) is 0 Å². The van der Waals surface area contributed by atoms with E-state index in [0.29, 0.717) is 44.0 Å². The molecular formula is C23H21ClF2N4O3S. The number of rotatable bonds is 5. The number of methoxy groups -OCH3 is 1.